The van der Waals surface area contributed by atoms with Gasteiger partial charge in [-0.3, -0.25) is 4.90 Å². The van der Waals surface area contributed by atoms with Crippen LogP contribution in [0.25, 0.3) is 0 Å². The maximum Gasteiger partial charge on any atom is 0.0509 e. The molecule has 1 saturated carbocycles. The van der Waals surface area contributed by atoms with Crippen molar-refractivity contribution in [3.63, 3.8) is 0 Å². The summed E-state index contributed by atoms with van der Waals surface area (Å²) in [6, 6.07) is 2.26. The van der Waals surface area contributed by atoms with Crippen LogP contribution in [0.15, 0.2) is 11.4 Å². The predicted octanol–water partition coefficient (Wildman–Crippen LogP) is 3.24. The van der Waals surface area contributed by atoms with Gasteiger partial charge >= 0.3 is 0 Å². The van der Waals surface area contributed by atoms with Crippen LogP contribution in [0.2, 0.25) is 0 Å². The van der Waals surface area contributed by atoms with Crippen molar-refractivity contribution >= 4 is 11.3 Å². The molecular formula is C19H30N2OS. The Morgan fingerprint density at radius 2 is 2.13 bits per heavy atom. The van der Waals surface area contributed by atoms with Crippen LogP contribution in [0.3, 0.4) is 0 Å². The van der Waals surface area contributed by atoms with E-state index in [2.05, 4.69) is 28.2 Å². The molecule has 3 aliphatic rings. The third kappa shape index (κ3) is 3.37. The zero-order valence-electron chi connectivity index (χ0n) is 14.6. The van der Waals surface area contributed by atoms with E-state index in [0.29, 0.717) is 5.41 Å². The van der Waals surface area contributed by atoms with Gasteiger partial charge in [-0.2, -0.15) is 0 Å². The van der Waals surface area contributed by atoms with Crippen molar-refractivity contribution in [2.24, 2.45) is 17.3 Å². The zero-order valence-corrected chi connectivity index (χ0v) is 15.4. The summed E-state index contributed by atoms with van der Waals surface area (Å²) in [5.41, 5.74) is 1.95. The normalized spacial score (nSPS) is 32.3. The van der Waals surface area contributed by atoms with Crippen LogP contribution in [-0.4, -0.2) is 56.2 Å². The number of rotatable bonds is 6. The Bertz CT molecular complexity index is 541. The average Bonchev–Trinajstić information content (AvgIpc) is 2.96. The highest BCUT2D eigenvalue weighted by atomic mass is 32.1. The molecule has 3 nitrogen and oxygen atoms in total. The second kappa shape index (κ2) is 6.47. The van der Waals surface area contributed by atoms with Gasteiger partial charge in [0.15, 0.2) is 0 Å². The number of aryl methyl sites for hydroxylation is 1. The van der Waals surface area contributed by atoms with E-state index in [1.54, 1.807) is 4.88 Å². The molecule has 2 aliphatic heterocycles. The first kappa shape index (κ1) is 16.1. The minimum Gasteiger partial charge on any atom is -0.384 e. The van der Waals surface area contributed by atoms with E-state index in [0.717, 1.165) is 25.0 Å². The van der Waals surface area contributed by atoms with E-state index >= 15 is 0 Å². The van der Waals surface area contributed by atoms with Crippen molar-refractivity contribution in [2.75, 3.05) is 46.4 Å². The Morgan fingerprint density at radius 3 is 2.83 bits per heavy atom. The number of ether oxygens (including phenoxy) is 1. The molecule has 4 rings (SSSR count). The molecule has 3 heterocycles. The summed E-state index contributed by atoms with van der Waals surface area (Å²) in [7, 11) is 1.87. The van der Waals surface area contributed by atoms with E-state index < -0.39 is 0 Å². The van der Waals surface area contributed by atoms with Gasteiger partial charge in [0.2, 0.25) is 0 Å². The Morgan fingerprint density at radius 1 is 1.30 bits per heavy atom. The van der Waals surface area contributed by atoms with Crippen LogP contribution in [0.4, 0.5) is 0 Å². The summed E-state index contributed by atoms with van der Waals surface area (Å²) < 4.78 is 5.60. The zero-order chi connectivity index (χ0) is 15.9. The van der Waals surface area contributed by atoms with Crippen LogP contribution in [0.5, 0.6) is 0 Å². The third-order valence-electron chi connectivity index (χ3n) is 6.26. The first-order chi connectivity index (χ1) is 11.2. The van der Waals surface area contributed by atoms with E-state index in [4.69, 9.17) is 4.74 Å². The minimum atomic E-state index is 0.482. The number of hydrogen-bond acceptors (Lipinski definition) is 4. The molecule has 2 atom stereocenters. The molecule has 0 bridgehead atoms. The Kier molecular flexibility index (Phi) is 4.52. The van der Waals surface area contributed by atoms with Gasteiger partial charge in [-0.1, -0.05) is 0 Å². The van der Waals surface area contributed by atoms with Crippen molar-refractivity contribution in [1.82, 2.24) is 9.80 Å². The first-order valence-electron chi connectivity index (χ1n) is 9.15. The second-order valence-corrected chi connectivity index (χ2v) is 9.14. The van der Waals surface area contributed by atoms with Crippen molar-refractivity contribution in [3.05, 3.63) is 21.9 Å². The largest absolute Gasteiger partial charge is 0.384 e. The lowest BCUT2D eigenvalue weighted by Crippen LogP contribution is -2.36. The van der Waals surface area contributed by atoms with Gasteiger partial charge < -0.3 is 9.64 Å². The topological polar surface area (TPSA) is 15.7 Å². The number of thiophene rings is 1. The maximum atomic E-state index is 5.60. The quantitative estimate of drug-likeness (QED) is 0.794. The Hall–Kier alpha value is -0.420. The van der Waals surface area contributed by atoms with E-state index in [-0.39, 0.29) is 0 Å². The third-order valence-corrected chi connectivity index (χ3v) is 7.27. The lowest BCUT2D eigenvalue weighted by molar-refractivity contribution is 0.0959. The lowest BCUT2D eigenvalue weighted by Gasteiger charge is -2.30. The van der Waals surface area contributed by atoms with Crippen molar-refractivity contribution in [1.29, 1.82) is 0 Å². The summed E-state index contributed by atoms with van der Waals surface area (Å²) in [6.45, 7) is 10.8. The minimum absolute atomic E-state index is 0.482. The van der Waals surface area contributed by atoms with Gasteiger partial charge in [0.25, 0.3) is 0 Å². The van der Waals surface area contributed by atoms with Gasteiger partial charge in [0.05, 0.1) is 6.61 Å². The molecule has 1 aromatic rings. The van der Waals surface area contributed by atoms with E-state index in [1.807, 2.05) is 18.4 Å². The van der Waals surface area contributed by atoms with Gasteiger partial charge in [0.1, 0.15) is 0 Å². The summed E-state index contributed by atoms with van der Waals surface area (Å²) in [5.74, 6) is 1.72. The SMILES string of the molecule is COC[C@@H]1CN(CC2CC2)C[C@@]12CCN(Cc1sccc1C)C2. The molecule has 128 valence electrons. The van der Waals surface area contributed by atoms with Crippen LogP contribution in [0, 0.1) is 24.2 Å². The van der Waals surface area contributed by atoms with Crippen molar-refractivity contribution in [2.45, 2.75) is 32.7 Å². The first-order valence-corrected chi connectivity index (χ1v) is 10.0. The highest BCUT2D eigenvalue weighted by Crippen LogP contribution is 2.45. The van der Waals surface area contributed by atoms with Gasteiger partial charge in [-0.15, -0.1) is 11.3 Å². The van der Waals surface area contributed by atoms with E-state index in [1.165, 1.54) is 57.5 Å². The lowest BCUT2D eigenvalue weighted by atomic mass is 9.77. The monoisotopic (exact) mass is 334 g/mol. The number of methoxy groups -OCH3 is 1. The fourth-order valence-electron chi connectivity index (χ4n) is 4.73. The molecule has 0 amide bonds. The fraction of sp³-hybridized carbons (Fsp3) is 0.789. The highest BCUT2D eigenvalue weighted by Gasteiger charge is 2.50. The second-order valence-electron chi connectivity index (χ2n) is 8.14. The Balaban J connectivity index is 1.42. The summed E-state index contributed by atoms with van der Waals surface area (Å²) in [6.07, 6.45) is 4.27. The van der Waals surface area contributed by atoms with Crippen LogP contribution in [0.1, 0.15) is 29.7 Å². The molecule has 1 aromatic heterocycles. The summed E-state index contributed by atoms with van der Waals surface area (Å²) in [5, 5.41) is 2.23. The summed E-state index contributed by atoms with van der Waals surface area (Å²) >= 11 is 1.92. The number of hydrogen-bond donors (Lipinski definition) is 0. The molecule has 0 N–H and O–H groups in total. The van der Waals surface area contributed by atoms with Crippen molar-refractivity contribution in [3.8, 4) is 0 Å². The molecule has 0 unspecified atom stereocenters. The molecule has 2 saturated heterocycles. The molecule has 23 heavy (non-hydrogen) atoms. The van der Waals surface area contributed by atoms with Crippen LogP contribution in [-0.2, 0) is 11.3 Å². The van der Waals surface area contributed by atoms with Gasteiger partial charge in [-0.25, -0.2) is 0 Å². The van der Waals surface area contributed by atoms with Gasteiger partial charge in [-0.05, 0) is 55.7 Å². The standard InChI is InChI=1S/C19H30N2OS/c1-15-5-8-23-18(15)11-20-7-6-19(13-20)14-21(9-16-3-4-16)10-17(19)12-22-2/h5,8,16-17H,3-4,6-7,9-14H2,1-2H3/t17-,19-/m0/s1. The van der Waals surface area contributed by atoms with Crippen LogP contribution < -0.4 is 0 Å². The number of likely N-dealkylation sites (tertiary alicyclic amines) is 2. The fourth-order valence-corrected chi connectivity index (χ4v) is 5.68. The maximum absolute atomic E-state index is 5.60. The van der Waals surface area contributed by atoms with Crippen LogP contribution >= 0.6 is 11.3 Å². The molecule has 1 spiro atoms. The Labute approximate surface area is 144 Å². The average molecular weight is 335 g/mol. The molecule has 4 heteroatoms. The van der Waals surface area contributed by atoms with E-state index in [9.17, 15) is 0 Å². The molecule has 0 aromatic carbocycles. The smallest absolute Gasteiger partial charge is 0.0509 e. The molecule has 0 radical (unpaired) electrons. The summed E-state index contributed by atoms with van der Waals surface area (Å²) in [4.78, 5) is 7.00. The van der Waals surface area contributed by atoms with Gasteiger partial charge in [0, 0.05) is 56.0 Å². The molecule has 3 fully saturated rings. The van der Waals surface area contributed by atoms with Crippen molar-refractivity contribution < 1.29 is 4.74 Å². The number of nitrogens with zero attached hydrogens (tertiary/aromatic N) is 2. The highest BCUT2D eigenvalue weighted by molar-refractivity contribution is 7.10. The molecular weight excluding hydrogens is 304 g/mol. The molecule has 1 aliphatic carbocycles. The predicted molar refractivity (Wildman–Crippen MR) is 95.9 cm³/mol.